The Hall–Kier alpha value is -0.0400. The van der Waals surface area contributed by atoms with Crippen LogP contribution in [-0.4, -0.2) is 11.2 Å². The van der Waals surface area contributed by atoms with Crippen molar-refractivity contribution in [2.24, 2.45) is 16.7 Å². The summed E-state index contributed by atoms with van der Waals surface area (Å²) in [6.45, 7) is 6.98. The molecule has 3 unspecified atom stereocenters. The van der Waals surface area contributed by atoms with Crippen molar-refractivity contribution in [3.63, 3.8) is 0 Å². The van der Waals surface area contributed by atoms with Crippen molar-refractivity contribution in [1.82, 2.24) is 0 Å². The fraction of sp³-hybridized carbons (Fsp3) is 1.00. The molecule has 1 heteroatoms. The third-order valence-electron chi connectivity index (χ3n) is 4.61. The molecule has 2 bridgehead atoms. The maximum Gasteiger partial charge on any atom is 0.0579 e. The predicted octanol–water partition coefficient (Wildman–Crippen LogP) is 2.19. The van der Waals surface area contributed by atoms with Crippen LogP contribution in [0, 0.1) is 16.7 Å². The zero-order chi connectivity index (χ0) is 8.28. The molecule has 0 aliphatic heterocycles. The first-order valence-corrected chi connectivity index (χ1v) is 4.65. The van der Waals surface area contributed by atoms with Gasteiger partial charge in [-0.25, -0.2) is 0 Å². The summed E-state index contributed by atoms with van der Waals surface area (Å²) in [5, 5.41) is 9.72. The van der Waals surface area contributed by atoms with Gasteiger partial charge in [0.05, 0.1) is 6.10 Å². The highest BCUT2D eigenvalue weighted by atomic mass is 16.3. The molecule has 1 N–H and O–H groups in total. The van der Waals surface area contributed by atoms with Gasteiger partial charge in [-0.3, -0.25) is 0 Å². The number of rotatable bonds is 0. The predicted molar refractivity (Wildman–Crippen MR) is 45.2 cm³/mol. The van der Waals surface area contributed by atoms with Crippen LogP contribution in [0.4, 0.5) is 0 Å². The van der Waals surface area contributed by atoms with Gasteiger partial charge in [-0.2, -0.15) is 0 Å². The minimum Gasteiger partial charge on any atom is -0.393 e. The molecule has 2 saturated carbocycles. The van der Waals surface area contributed by atoms with E-state index in [1.165, 1.54) is 12.8 Å². The Morgan fingerprint density at radius 2 is 1.91 bits per heavy atom. The quantitative estimate of drug-likeness (QED) is 0.567. The molecule has 11 heavy (non-hydrogen) atoms. The molecular weight excluding hydrogens is 136 g/mol. The molecule has 1 nitrogen and oxygen atoms in total. The first-order chi connectivity index (χ1) is 4.97. The van der Waals surface area contributed by atoms with Gasteiger partial charge in [0, 0.05) is 0 Å². The largest absolute Gasteiger partial charge is 0.393 e. The van der Waals surface area contributed by atoms with Gasteiger partial charge in [0.1, 0.15) is 0 Å². The average Bonchev–Trinajstić information content (AvgIpc) is 2.13. The Morgan fingerprint density at radius 3 is 2.09 bits per heavy atom. The van der Waals surface area contributed by atoms with E-state index >= 15 is 0 Å². The van der Waals surface area contributed by atoms with Crippen molar-refractivity contribution in [3.05, 3.63) is 0 Å². The standard InChI is InChI=1S/C10H18O/c1-9(2)7-4-5-10(9,3)6-8(7)11/h7-8,11H,4-6H2,1-3H3. The SMILES string of the molecule is CC12CCC(C(O)C1)C2(C)C. The molecule has 3 atom stereocenters. The summed E-state index contributed by atoms with van der Waals surface area (Å²) < 4.78 is 0. The van der Waals surface area contributed by atoms with E-state index in [0.717, 1.165) is 6.42 Å². The Morgan fingerprint density at radius 1 is 1.27 bits per heavy atom. The molecule has 0 saturated heterocycles. The zero-order valence-electron chi connectivity index (χ0n) is 7.72. The number of aliphatic hydroxyl groups is 1. The number of aliphatic hydroxyl groups excluding tert-OH is 1. The Kier molecular flexibility index (Phi) is 1.26. The summed E-state index contributed by atoms with van der Waals surface area (Å²) in [6.07, 6.45) is 3.58. The summed E-state index contributed by atoms with van der Waals surface area (Å²) in [5.74, 6) is 0.576. The van der Waals surface area contributed by atoms with Crippen molar-refractivity contribution in [2.75, 3.05) is 0 Å². The minimum absolute atomic E-state index is 0.0104. The fourth-order valence-electron chi connectivity index (χ4n) is 3.25. The van der Waals surface area contributed by atoms with Gasteiger partial charge in [0.25, 0.3) is 0 Å². The van der Waals surface area contributed by atoms with E-state index in [0.29, 0.717) is 16.7 Å². The normalized spacial score (nSPS) is 53.5. The number of hydrogen-bond acceptors (Lipinski definition) is 1. The molecule has 2 aliphatic rings. The van der Waals surface area contributed by atoms with Crippen LogP contribution in [0.3, 0.4) is 0 Å². The molecule has 0 aromatic carbocycles. The summed E-state index contributed by atoms with van der Waals surface area (Å²) >= 11 is 0. The van der Waals surface area contributed by atoms with Crippen LogP contribution in [0.5, 0.6) is 0 Å². The van der Waals surface area contributed by atoms with Crippen molar-refractivity contribution >= 4 is 0 Å². The second kappa shape index (κ2) is 1.82. The molecule has 0 amide bonds. The number of hydrogen-bond donors (Lipinski definition) is 1. The van der Waals surface area contributed by atoms with Crippen LogP contribution in [-0.2, 0) is 0 Å². The Balaban J connectivity index is 2.37. The highest BCUT2D eigenvalue weighted by Gasteiger charge is 2.59. The van der Waals surface area contributed by atoms with E-state index < -0.39 is 0 Å². The second-order valence-corrected chi connectivity index (χ2v) is 5.20. The summed E-state index contributed by atoms with van der Waals surface area (Å²) in [4.78, 5) is 0. The van der Waals surface area contributed by atoms with Gasteiger partial charge in [0.15, 0.2) is 0 Å². The molecular formula is C10H18O. The van der Waals surface area contributed by atoms with Crippen LogP contribution in [0.2, 0.25) is 0 Å². The smallest absolute Gasteiger partial charge is 0.0579 e. The van der Waals surface area contributed by atoms with Crippen LogP contribution in [0.1, 0.15) is 40.0 Å². The maximum absolute atomic E-state index is 9.72. The molecule has 0 aromatic heterocycles. The molecule has 0 radical (unpaired) electrons. The van der Waals surface area contributed by atoms with E-state index in [-0.39, 0.29) is 6.10 Å². The van der Waals surface area contributed by atoms with Crippen LogP contribution >= 0.6 is 0 Å². The summed E-state index contributed by atoms with van der Waals surface area (Å²) in [7, 11) is 0. The fourth-order valence-corrected chi connectivity index (χ4v) is 3.25. The minimum atomic E-state index is -0.0104. The third-order valence-corrected chi connectivity index (χ3v) is 4.61. The van der Waals surface area contributed by atoms with E-state index in [2.05, 4.69) is 20.8 Å². The topological polar surface area (TPSA) is 20.2 Å². The van der Waals surface area contributed by atoms with Crippen molar-refractivity contribution in [2.45, 2.75) is 46.1 Å². The molecule has 2 aliphatic carbocycles. The molecule has 0 spiro atoms. The number of fused-ring (bicyclic) bond motifs is 2. The van der Waals surface area contributed by atoms with E-state index in [4.69, 9.17) is 0 Å². The van der Waals surface area contributed by atoms with Crippen LogP contribution in [0.25, 0.3) is 0 Å². The molecule has 2 fully saturated rings. The van der Waals surface area contributed by atoms with Gasteiger partial charge in [-0.15, -0.1) is 0 Å². The second-order valence-electron chi connectivity index (χ2n) is 5.20. The first kappa shape index (κ1) is 7.60. The van der Waals surface area contributed by atoms with Gasteiger partial charge < -0.3 is 5.11 Å². The summed E-state index contributed by atoms with van der Waals surface area (Å²) in [6, 6.07) is 0. The third kappa shape index (κ3) is 0.703. The van der Waals surface area contributed by atoms with Crippen molar-refractivity contribution in [3.8, 4) is 0 Å². The van der Waals surface area contributed by atoms with Gasteiger partial charge in [-0.1, -0.05) is 20.8 Å². The first-order valence-electron chi connectivity index (χ1n) is 4.65. The lowest BCUT2D eigenvalue weighted by Gasteiger charge is -2.33. The molecule has 0 heterocycles. The lowest BCUT2D eigenvalue weighted by Crippen LogP contribution is -2.26. The maximum atomic E-state index is 9.72. The van der Waals surface area contributed by atoms with Crippen LogP contribution in [0.15, 0.2) is 0 Å². The van der Waals surface area contributed by atoms with Gasteiger partial charge in [0.2, 0.25) is 0 Å². The molecule has 0 aromatic rings. The van der Waals surface area contributed by atoms with Gasteiger partial charge in [-0.05, 0) is 36.0 Å². The van der Waals surface area contributed by atoms with Crippen LogP contribution < -0.4 is 0 Å². The molecule has 2 rings (SSSR count). The van der Waals surface area contributed by atoms with E-state index in [1.54, 1.807) is 0 Å². The Labute approximate surface area is 68.8 Å². The Bertz CT molecular complexity index is 183. The van der Waals surface area contributed by atoms with E-state index in [9.17, 15) is 5.11 Å². The average molecular weight is 154 g/mol. The van der Waals surface area contributed by atoms with E-state index in [1.807, 2.05) is 0 Å². The lowest BCUT2D eigenvalue weighted by molar-refractivity contribution is 0.0941. The van der Waals surface area contributed by atoms with Crippen molar-refractivity contribution < 1.29 is 5.11 Å². The lowest BCUT2D eigenvalue weighted by atomic mass is 9.71. The summed E-state index contributed by atoms with van der Waals surface area (Å²) in [5.41, 5.74) is 0.809. The monoisotopic (exact) mass is 154 g/mol. The highest BCUT2D eigenvalue weighted by molar-refractivity contribution is 5.09. The van der Waals surface area contributed by atoms with Gasteiger partial charge >= 0.3 is 0 Å². The van der Waals surface area contributed by atoms with Crippen molar-refractivity contribution in [1.29, 1.82) is 0 Å². The zero-order valence-corrected chi connectivity index (χ0v) is 7.72. The molecule has 64 valence electrons. The highest BCUT2D eigenvalue weighted by Crippen LogP contribution is 2.65.